The lowest BCUT2D eigenvalue weighted by molar-refractivity contribution is -0.136. The summed E-state index contributed by atoms with van der Waals surface area (Å²) in [5, 5.41) is 0. The summed E-state index contributed by atoms with van der Waals surface area (Å²) in [6, 6.07) is 8.21. The quantitative estimate of drug-likeness (QED) is 0.236. The van der Waals surface area contributed by atoms with Crippen molar-refractivity contribution in [3.8, 4) is 0 Å². The second-order valence-corrected chi connectivity index (χ2v) is 9.14. The van der Waals surface area contributed by atoms with Crippen LogP contribution in [-0.4, -0.2) is 12.4 Å². The van der Waals surface area contributed by atoms with Gasteiger partial charge in [0, 0.05) is 12.8 Å². The van der Waals surface area contributed by atoms with E-state index in [2.05, 4.69) is 36.4 Å². The maximum atomic E-state index is 12.5. The second kappa shape index (κ2) is 11.4. The Morgan fingerprint density at radius 1 is 0.667 bits per heavy atom. The molecule has 0 radical (unpaired) electrons. The zero-order valence-corrected chi connectivity index (χ0v) is 18.8. The van der Waals surface area contributed by atoms with Gasteiger partial charge in [-0.2, -0.15) is 26.3 Å². The van der Waals surface area contributed by atoms with Crippen LogP contribution in [0.3, 0.4) is 0 Å². The molecule has 0 spiro atoms. The molecule has 2 atom stereocenters. The Hall–Kier alpha value is -1.98. The van der Waals surface area contributed by atoms with Gasteiger partial charge in [0.25, 0.3) is 0 Å². The van der Waals surface area contributed by atoms with Crippen LogP contribution in [0.2, 0.25) is 0 Å². The third-order valence-corrected chi connectivity index (χ3v) is 6.65. The van der Waals surface area contributed by atoms with Crippen LogP contribution >= 0.6 is 0 Å². The van der Waals surface area contributed by atoms with Gasteiger partial charge in [-0.15, -0.1) is 0 Å². The van der Waals surface area contributed by atoms with Crippen molar-refractivity contribution in [2.75, 3.05) is 0 Å². The summed E-state index contributed by atoms with van der Waals surface area (Å²) in [5.74, 6) is 0.340. The van der Waals surface area contributed by atoms with Crippen molar-refractivity contribution in [1.82, 2.24) is 0 Å². The number of alkyl halides is 6. The molecule has 2 unspecified atom stereocenters. The molecule has 0 aromatic heterocycles. The first-order valence-corrected chi connectivity index (χ1v) is 12.0. The average Bonchev–Trinajstić information content (AvgIpc) is 2.99. The van der Waals surface area contributed by atoms with Gasteiger partial charge in [0.2, 0.25) is 0 Å². The highest BCUT2D eigenvalue weighted by Crippen LogP contribution is 2.48. The lowest BCUT2D eigenvalue weighted by Gasteiger charge is -2.36. The number of benzene rings is 1. The van der Waals surface area contributed by atoms with Gasteiger partial charge in [-0.05, 0) is 66.2 Å². The number of halogens is 6. The zero-order chi connectivity index (χ0) is 23.9. The summed E-state index contributed by atoms with van der Waals surface area (Å²) in [6.07, 6.45) is 3.94. The van der Waals surface area contributed by atoms with Crippen molar-refractivity contribution in [3.63, 3.8) is 0 Å². The first-order valence-electron chi connectivity index (χ1n) is 12.0. The molecule has 33 heavy (non-hydrogen) atoms. The third kappa shape index (κ3) is 7.79. The summed E-state index contributed by atoms with van der Waals surface area (Å²) >= 11 is 0. The molecule has 0 N–H and O–H groups in total. The Bertz CT molecular complexity index is 856. The predicted octanol–water partition coefficient (Wildman–Crippen LogP) is 9.70. The monoisotopic (exact) mass is 470 g/mol. The smallest absolute Gasteiger partial charge is 0.171 e. The maximum absolute atomic E-state index is 12.5. The summed E-state index contributed by atoms with van der Waals surface area (Å²) in [6.45, 7) is 0. The van der Waals surface area contributed by atoms with E-state index in [0.29, 0.717) is 25.7 Å². The SMILES string of the molecule is FC(F)(F)CCCCCC1C2=C(C=CCC=C2)c2ccccc2C1CCCCCC(F)(F)F. The molecule has 0 saturated carbocycles. The van der Waals surface area contributed by atoms with Gasteiger partial charge in [-0.1, -0.05) is 74.3 Å². The van der Waals surface area contributed by atoms with Crippen LogP contribution in [0.4, 0.5) is 26.3 Å². The molecule has 3 rings (SSSR count). The fraction of sp³-hybridized carbons (Fsp3) is 0.556. The van der Waals surface area contributed by atoms with Crippen molar-refractivity contribution >= 4 is 5.57 Å². The van der Waals surface area contributed by atoms with Gasteiger partial charge >= 0.3 is 12.4 Å². The summed E-state index contributed by atoms with van der Waals surface area (Å²) in [4.78, 5) is 0. The summed E-state index contributed by atoms with van der Waals surface area (Å²) in [5.41, 5.74) is 4.78. The van der Waals surface area contributed by atoms with Crippen LogP contribution in [-0.2, 0) is 0 Å². The molecular formula is C27H32F6. The Morgan fingerprint density at radius 2 is 1.24 bits per heavy atom. The molecule has 182 valence electrons. The van der Waals surface area contributed by atoms with Crippen LogP contribution in [0.25, 0.3) is 5.57 Å². The largest absolute Gasteiger partial charge is 0.389 e. The van der Waals surface area contributed by atoms with E-state index in [1.807, 2.05) is 12.1 Å². The first kappa shape index (κ1) is 25.6. The van der Waals surface area contributed by atoms with Gasteiger partial charge in [-0.25, -0.2) is 0 Å². The highest BCUT2D eigenvalue weighted by molar-refractivity contribution is 5.83. The molecule has 0 nitrogen and oxygen atoms in total. The lowest BCUT2D eigenvalue weighted by atomic mass is 9.68. The van der Waals surface area contributed by atoms with Crippen molar-refractivity contribution in [2.45, 2.75) is 88.9 Å². The number of hydrogen-bond acceptors (Lipinski definition) is 0. The van der Waals surface area contributed by atoms with E-state index in [0.717, 1.165) is 19.3 Å². The van der Waals surface area contributed by atoms with Gasteiger partial charge in [0.05, 0.1) is 0 Å². The van der Waals surface area contributed by atoms with Crippen LogP contribution in [0, 0.1) is 5.92 Å². The van der Waals surface area contributed by atoms with Crippen molar-refractivity contribution in [1.29, 1.82) is 0 Å². The molecule has 6 heteroatoms. The predicted molar refractivity (Wildman–Crippen MR) is 121 cm³/mol. The normalized spacial score (nSPS) is 20.5. The molecule has 0 aliphatic heterocycles. The molecule has 2 aliphatic rings. The van der Waals surface area contributed by atoms with Crippen LogP contribution < -0.4 is 0 Å². The van der Waals surface area contributed by atoms with Gasteiger partial charge in [0.1, 0.15) is 0 Å². The minimum absolute atomic E-state index is 0.135. The van der Waals surface area contributed by atoms with E-state index in [1.54, 1.807) is 0 Å². The minimum Gasteiger partial charge on any atom is -0.171 e. The molecule has 0 heterocycles. The number of rotatable bonds is 10. The number of allylic oxidation sites excluding steroid dienone is 6. The Labute approximate surface area is 192 Å². The zero-order valence-electron chi connectivity index (χ0n) is 18.8. The molecule has 2 aliphatic carbocycles. The van der Waals surface area contributed by atoms with Crippen molar-refractivity contribution in [2.24, 2.45) is 5.92 Å². The highest BCUT2D eigenvalue weighted by atomic mass is 19.4. The minimum atomic E-state index is -4.12. The number of unbranched alkanes of at least 4 members (excludes halogenated alkanes) is 4. The Kier molecular flexibility index (Phi) is 8.88. The highest BCUT2D eigenvalue weighted by Gasteiger charge is 2.34. The third-order valence-electron chi connectivity index (χ3n) is 6.65. The van der Waals surface area contributed by atoms with E-state index in [4.69, 9.17) is 0 Å². The van der Waals surface area contributed by atoms with Gasteiger partial charge < -0.3 is 0 Å². The average molecular weight is 471 g/mol. The lowest BCUT2D eigenvalue weighted by Crippen LogP contribution is -2.22. The fourth-order valence-corrected chi connectivity index (χ4v) is 5.16. The standard InChI is InChI=1S/C27H32F6/c28-26(29,30)18-10-2-6-14-22-20-12-4-1-5-13-21(20)24-16-8-9-17-25(24)23(22)15-7-3-11-19-27(31,32)33/h4-5,8-9,12-13,16-17,22-23H,1-3,6-7,10-11,14-15,18-19H2. The number of fused-ring (bicyclic) bond motifs is 2. The topological polar surface area (TPSA) is 0 Å². The molecule has 0 bridgehead atoms. The summed E-state index contributed by atoms with van der Waals surface area (Å²) in [7, 11) is 0. The molecule has 0 saturated heterocycles. The van der Waals surface area contributed by atoms with Crippen LogP contribution in [0.5, 0.6) is 0 Å². The van der Waals surface area contributed by atoms with Crippen molar-refractivity contribution < 1.29 is 26.3 Å². The first-order chi connectivity index (χ1) is 15.7. The van der Waals surface area contributed by atoms with Crippen LogP contribution in [0.1, 0.15) is 87.7 Å². The molecular weight excluding hydrogens is 438 g/mol. The summed E-state index contributed by atoms with van der Waals surface area (Å²) < 4.78 is 75.1. The molecule has 1 aromatic rings. The van der Waals surface area contributed by atoms with E-state index in [-0.39, 0.29) is 24.7 Å². The Morgan fingerprint density at radius 3 is 1.88 bits per heavy atom. The van der Waals surface area contributed by atoms with Gasteiger partial charge in [-0.3, -0.25) is 0 Å². The molecule has 0 amide bonds. The van der Waals surface area contributed by atoms with E-state index < -0.39 is 25.2 Å². The van der Waals surface area contributed by atoms with E-state index >= 15 is 0 Å². The Balaban J connectivity index is 1.75. The number of hydrogen-bond donors (Lipinski definition) is 0. The van der Waals surface area contributed by atoms with Crippen LogP contribution in [0.15, 0.2) is 54.1 Å². The van der Waals surface area contributed by atoms with E-state index in [9.17, 15) is 26.3 Å². The second-order valence-electron chi connectivity index (χ2n) is 9.14. The molecule has 0 fully saturated rings. The van der Waals surface area contributed by atoms with Gasteiger partial charge in [0.15, 0.2) is 0 Å². The van der Waals surface area contributed by atoms with E-state index in [1.165, 1.54) is 22.3 Å². The maximum Gasteiger partial charge on any atom is 0.389 e. The fourth-order valence-electron chi connectivity index (χ4n) is 5.16. The van der Waals surface area contributed by atoms with Crippen molar-refractivity contribution in [3.05, 3.63) is 65.3 Å². The molecule has 1 aromatic carbocycles.